The number of carboxylic acids is 1. The molecule has 3 N–H and O–H groups in total. The van der Waals surface area contributed by atoms with E-state index in [1.165, 1.54) is 0 Å². The minimum absolute atomic E-state index is 0. The summed E-state index contributed by atoms with van der Waals surface area (Å²) in [5, 5.41) is 8.87. The molecule has 3 nitrogen and oxygen atoms in total. The van der Waals surface area contributed by atoms with Crippen molar-refractivity contribution in [2.45, 2.75) is 12.0 Å². The fraction of sp³-hybridized carbons (Fsp3) is 0.300. The average molecular weight is 284 g/mol. The van der Waals surface area contributed by atoms with Crippen molar-refractivity contribution in [2.24, 2.45) is 5.73 Å². The lowest BCUT2D eigenvalue weighted by Crippen LogP contribution is -2.51. The summed E-state index contributed by atoms with van der Waals surface area (Å²) >= 11 is 3.83. The summed E-state index contributed by atoms with van der Waals surface area (Å²) in [6, 6.07) is 2.82. The van der Waals surface area contributed by atoms with Gasteiger partial charge in [0, 0.05) is 18.2 Å². The Balaban J connectivity index is 0.00000256. The summed E-state index contributed by atoms with van der Waals surface area (Å²) in [6.07, 6.45) is -0.180. The molecule has 1 atom stereocenters. The highest BCUT2D eigenvalue weighted by atomic mass is 35.5. The predicted molar refractivity (Wildman–Crippen MR) is 65.7 cm³/mol. The zero-order valence-corrected chi connectivity index (χ0v) is 10.4. The monoisotopic (exact) mass is 283 g/mol. The maximum atomic E-state index is 12.9. The van der Waals surface area contributed by atoms with Gasteiger partial charge >= 0.3 is 5.97 Å². The fourth-order valence-electron chi connectivity index (χ4n) is 1.28. The molecule has 0 saturated heterocycles. The minimum atomic E-state index is -1.62. The third kappa shape index (κ3) is 4.14. The molecule has 0 amide bonds. The molecule has 0 aliphatic rings. The molecule has 0 aliphatic heterocycles. The maximum absolute atomic E-state index is 12.9. The van der Waals surface area contributed by atoms with Crippen LogP contribution in [0.4, 0.5) is 8.78 Å². The van der Waals surface area contributed by atoms with Crippen molar-refractivity contribution >= 4 is 31.0 Å². The van der Waals surface area contributed by atoms with Gasteiger partial charge in [-0.05, 0) is 17.7 Å². The van der Waals surface area contributed by atoms with E-state index in [-0.39, 0.29) is 30.1 Å². The Kier molecular flexibility index (Phi) is 5.87. The van der Waals surface area contributed by atoms with Gasteiger partial charge < -0.3 is 10.8 Å². The van der Waals surface area contributed by atoms with Gasteiger partial charge in [-0.3, -0.25) is 4.79 Å². The molecule has 17 heavy (non-hydrogen) atoms. The molecule has 0 bridgehead atoms. The minimum Gasteiger partial charge on any atom is -0.480 e. The molecule has 7 heteroatoms. The molecule has 1 rings (SSSR count). The Morgan fingerprint density at radius 2 is 1.82 bits per heavy atom. The predicted octanol–water partition coefficient (Wildman–Crippen LogP) is 1.64. The Morgan fingerprint density at radius 3 is 2.18 bits per heavy atom. The van der Waals surface area contributed by atoms with Gasteiger partial charge in [0.05, 0.1) is 0 Å². The summed E-state index contributed by atoms with van der Waals surface area (Å²) in [4.78, 5) is 10.9. The van der Waals surface area contributed by atoms with Crippen LogP contribution in [0.15, 0.2) is 18.2 Å². The van der Waals surface area contributed by atoms with Crippen LogP contribution in [0, 0.1) is 11.6 Å². The quantitative estimate of drug-likeness (QED) is 0.736. The highest BCUT2D eigenvalue weighted by Crippen LogP contribution is 2.16. The molecule has 0 unspecified atom stereocenters. The number of hydrogen-bond acceptors (Lipinski definition) is 3. The first-order valence-corrected chi connectivity index (χ1v) is 5.09. The van der Waals surface area contributed by atoms with E-state index in [4.69, 9.17) is 10.8 Å². The van der Waals surface area contributed by atoms with E-state index >= 15 is 0 Å². The summed E-state index contributed by atoms with van der Waals surface area (Å²) < 4.78 is 25.7. The lowest BCUT2D eigenvalue weighted by Gasteiger charge is -2.22. The number of carbonyl (C=O) groups is 1. The van der Waals surface area contributed by atoms with Crippen LogP contribution in [0.2, 0.25) is 0 Å². The number of halogens is 3. The Bertz CT molecular complexity index is 399. The highest BCUT2D eigenvalue weighted by Gasteiger charge is 2.32. The van der Waals surface area contributed by atoms with Gasteiger partial charge in [0.25, 0.3) is 0 Å². The summed E-state index contributed by atoms with van der Waals surface area (Å²) in [6.45, 7) is 0. The van der Waals surface area contributed by atoms with Crippen molar-refractivity contribution in [3.63, 3.8) is 0 Å². The largest absolute Gasteiger partial charge is 0.480 e. The number of hydrogen-bond donors (Lipinski definition) is 3. The van der Waals surface area contributed by atoms with E-state index in [9.17, 15) is 13.6 Å². The molecule has 0 aliphatic carbocycles. The van der Waals surface area contributed by atoms with Gasteiger partial charge in [-0.25, -0.2) is 8.78 Å². The zero-order valence-electron chi connectivity index (χ0n) is 8.69. The molecule has 0 radical (unpaired) electrons. The van der Waals surface area contributed by atoms with Crippen molar-refractivity contribution < 1.29 is 18.7 Å². The van der Waals surface area contributed by atoms with Crippen LogP contribution in [0.3, 0.4) is 0 Å². The first kappa shape index (κ1) is 16.1. The second-order valence-corrected chi connectivity index (χ2v) is 3.89. The zero-order chi connectivity index (χ0) is 12.3. The maximum Gasteiger partial charge on any atom is 0.324 e. The molecular weight excluding hydrogens is 272 g/mol. The standard InChI is InChI=1S/C10H11F2NO2S.ClH/c11-7-1-6(2-8(12)3-7)4-10(13,5-16)9(14)15;/h1-3,16H,4-5,13H2,(H,14,15);1H/t10-;/m0./s1. The molecule has 0 fully saturated rings. The molecule has 0 heterocycles. The van der Waals surface area contributed by atoms with Crippen LogP contribution in [0.1, 0.15) is 5.56 Å². The summed E-state index contributed by atoms with van der Waals surface area (Å²) in [5.41, 5.74) is 4.12. The topological polar surface area (TPSA) is 63.3 Å². The van der Waals surface area contributed by atoms with E-state index < -0.39 is 23.1 Å². The van der Waals surface area contributed by atoms with Gasteiger partial charge in [-0.1, -0.05) is 0 Å². The third-order valence-electron chi connectivity index (χ3n) is 2.15. The van der Waals surface area contributed by atoms with Gasteiger partial charge in [0.15, 0.2) is 0 Å². The van der Waals surface area contributed by atoms with Gasteiger partial charge in [0.1, 0.15) is 17.2 Å². The number of carboxylic acid groups (broad SMARTS) is 1. The SMILES string of the molecule is Cl.N[C@](CS)(Cc1cc(F)cc(F)c1)C(=O)O. The number of aliphatic carboxylic acids is 1. The van der Waals surface area contributed by atoms with Crippen molar-refractivity contribution in [3.8, 4) is 0 Å². The van der Waals surface area contributed by atoms with Crippen LogP contribution in [0.5, 0.6) is 0 Å². The van der Waals surface area contributed by atoms with E-state index in [0.29, 0.717) is 6.07 Å². The number of rotatable bonds is 4. The number of nitrogens with two attached hydrogens (primary N) is 1. The van der Waals surface area contributed by atoms with Crippen LogP contribution >= 0.6 is 25.0 Å². The normalized spacial score (nSPS) is 13.6. The fourth-order valence-corrected chi connectivity index (χ4v) is 1.52. The molecule has 0 saturated carbocycles. The van der Waals surface area contributed by atoms with Crippen molar-refractivity contribution in [1.82, 2.24) is 0 Å². The van der Waals surface area contributed by atoms with Crippen LogP contribution in [-0.2, 0) is 11.2 Å². The van der Waals surface area contributed by atoms with Crippen LogP contribution < -0.4 is 5.73 Å². The second-order valence-electron chi connectivity index (χ2n) is 3.57. The van der Waals surface area contributed by atoms with Crippen molar-refractivity contribution in [1.29, 1.82) is 0 Å². The van der Waals surface area contributed by atoms with Gasteiger partial charge in [-0.2, -0.15) is 12.6 Å². The Hall–Kier alpha value is -0.850. The van der Waals surface area contributed by atoms with E-state index in [1.807, 2.05) is 0 Å². The Labute approximate surface area is 109 Å². The lowest BCUT2D eigenvalue weighted by molar-refractivity contribution is -0.142. The van der Waals surface area contributed by atoms with Crippen molar-refractivity contribution in [3.05, 3.63) is 35.4 Å². The van der Waals surface area contributed by atoms with E-state index in [2.05, 4.69) is 12.6 Å². The van der Waals surface area contributed by atoms with Crippen molar-refractivity contribution in [2.75, 3.05) is 5.75 Å². The second kappa shape index (κ2) is 6.18. The molecule has 0 spiro atoms. The number of benzene rings is 1. The molecule has 1 aromatic carbocycles. The van der Waals surface area contributed by atoms with E-state index in [1.54, 1.807) is 0 Å². The smallest absolute Gasteiger partial charge is 0.324 e. The van der Waals surface area contributed by atoms with Gasteiger partial charge in [0.2, 0.25) is 0 Å². The Morgan fingerprint density at radius 1 is 1.35 bits per heavy atom. The lowest BCUT2D eigenvalue weighted by atomic mass is 9.94. The molecule has 96 valence electrons. The average Bonchev–Trinajstić information content (AvgIpc) is 2.15. The van der Waals surface area contributed by atoms with Gasteiger partial charge in [-0.15, -0.1) is 12.4 Å². The first-order valence-electron chi connectivity index (χ1n) is 4.45. The number of thiol groups is 1. The molecule has 1 aromatic rings. The molecule has 0 aromatic heterocycles. The van der Waals surface area contributed by atoms with E-state index in [0.717, 1.165) is 12.1 Å². The summed E-state index contributed by atoms with van der Waals surface area (Å²) in [7, 11) is 0. The highest BCUT2D eigenvalue weighted by molar-refractivity contribution is 7.80. The third-order valence-corrected chi connectivity index (χ3v) is 2.71. The summed E-state index contributed by atoms with van der Waals surface area (Å²) in [5.74, 6) is -2.91. The van der Waals surface area contributed by atoms with Crippen LogP contribution in [-0.4, -0.2) is 22.4 Å². The first-order chi connectivity index (χ1) is 7.37. The molecular formula is C10H12ClF2NO2S. The van der Waals surface area contributed by atoms with Crippen LogP contribution in [0.25, 0.3) is 0 Å².